The van der Waals surface area contributed by atoms with Gasteiger partial charge in [-0.15, -0.1) is 0 Å². The molecule has 3 atom stereocenters. The van der Waals surface area contributed by atoms with Gasteiger partial charge in [0.25, 0.3) is 0 Å². The summed E-state index contributed by atoms with van der Waals surface area (Å²) in [5.74, 6) is -1.31. The van der Waals surface area contributed by atoms with E-state index in [4.69, 9.17) is 9.63 Å². The molecule has 1 aliphatic carbocycles. The van der Waals surface area contributed by atoms with E-state index in [1.807, 2.05) is 20.8 Å². The summed E-state index contributed by atoms with van der Waals surface area (Å²) < 4.78 is 5.14. The van der Waals surface area contributed by atoms with Crippen molar-refractivity contribution in [3.63, 3.8) is 0 Å². The molecule has 1 fully saturated rings. The molecular formula is C13H19N3O4. The van der Waals surface area contributed by atoms with Crippen LogP contribution in [0, 0.1) is 11.8 Å². The Balaban J connectivity index is 1.95. The van der Waals surface area contributed by atoms with Crippen molar-refractivity contribution in [2.75, 3.05) is 0 Å². The number of hydrogen-bond donors (Lipinski definition) is 2. The van der Waals surface area contributed by atoms with E-state index >= 15 is 0 Å². The molecule has 0 spiro atoms. The van der Waals surface area contributed by atoms with Crippen LogP contribution in [0.2, 0.25) is 0 Å². The van der Waals surface area contributed by atoms with Gasteiger partial charge in [0.15, 0.2) is 5.82 Å². The summed E-state index contributed by atoms with van der Waals surface area (Å²) in [6.45, 7) is 7.63. The van der Waals surface area contributed by atoms with Crippen molar-refractivity contribution in [1.82, 2.24) is 15.5 Å². The number of carboxylic acids is 1. The lowest BCUT2D eigenvalue weighted by atomic mass is 9.96. The van der Waals surface area contributed by atoms with Gasteiger partial charge in [0, 0.05) is 5.41 Å². The Bertz CT molecular complexity index is 532. The van der Waals surface area contributed by atoms with Crippen LogP contribution >= 0.6 is 0 Å². The third kappa shape index (κ3) is 2.97. The number of amides is 1. The topological polar surface area (TPSA) is 105 Å². The van der Waals surface area contributed by atoms with Crippen molar-refractivity contribution < 1.29 is 19.2 Å². The first kappa shape index (κ1) is 14.5. The third-order valence-electron chi connectivity index (χ3n) is 3.29. The van der Waals surface area contributed by atoms with E-state index in [0.29, 0.717) is 18.1 Å². The molecule has 2 rings (SSSR count). The zero-order valence-electron chi connectivity index (χ0n) is 12.0. The average molecular weight is 281 g/mol. The molecule has 0 saturated heterocycles. The standard InChI is InChI=1S/C13H19N3O4/c1-6(10-15-12(16-20-10)13(2,3)4)14-9(17)7-5-8(7)11(18)19/h6-8H,5H2,1-4H3,(H,14,17)(H,18,19)/t6-,7-,8-/m0/s1. The predicted octanol–water partition coefficient (Wildman–Crippen LogP) is 1.27. The monoisotopic (exact) mass is 281 g/mol. The van der Waals surface area contributed by atoms with E-state index in [-0.39, 0.29) is 11.3 Å². The van der Waals surface area contributed by atoms with Crippen LogP contribution in [0.15, 0.2) is 4.52 Å². The fourth-order valence-corrected chi connectivity index (χ4v) is 1.86. The minimum absolute atomic E-state index is 0.226. The number of aromatic nitrogens is 2. The summed E-state index contributed by atoms with van der Waals surface area (Å²) in [5, 5.41) is 15.4. The molecule has 2 N–H and O–H groups in total. The van der Waals surface area contributed by atoms with Gasteiger partial charge in [-0.3, -0.25) is 9.59 Å². The highest BCUT2D eigenvalue weighted by Crippen LogP contribution is 2.39. The molecule has 7 heteroatoms. The van der Waals surface area contributed by atoms with E-state index in [2.05, 4.69) is 15.5 Å². The lowest BCUT2D eigenvalue weighted by molar-refractivity contribution is -0.140. The Kier molecular flexibility index (Phi) is 3.54. The van der Waals surface area contributed by atoms with Crippen molar-refractivity contribution in [2.45, 2.75) is 45.6 Å². The van der Waals surface area contributed by atoms with E-state index in [0.717, 1.165) is 0 Å². The summed E-state index contributed by atoms with van der Waals surface area (Å²) in [6, 6.07) is -0.429. The molecule has 1 aliphatic rings. The van der Waals surface area contributed by atoms with Crippen LogP contribution in [0.4, 0.5) is 0 Å². The zero-order chi connectivity index (χ0) is 15.1. The van der Waals surface area contributed by atoms with Crippen LogP contribution in [-0.4, -0.2) is 27.1 Å². The van der Waals surface area contributed by atoms with Gasteiger partial charge < -0.3 is 14.9 Å². The summed E-state index contributed by atoms with van der Waals surface area (Å²) in [4.78, 5) is 26.8. The molecule has 0 unspecified atom stereocenters. The number of carbonyl (C=O) groups is 2. The number of nitrogens with one attached hydrogen (secondary N) is 1. The molecule has 7 nitrogen and oxygen atoms in total. The van der Waals surface area contributed by atoms with Gasteiger partial charge in [0.1, 0.15) is 6.04 Å². The van der Waals surface area contributed by atoms with E-state index < -0.39 is 23.8 Å². The zero-order valence-corrected chi connectivity index (χ0v) is 12.0. The lowest BCUT2D eigenvalue weighted by Crippen LogP contribution is -2.29. The van der Waals surface area contributed by atoms with Crippen LogP contribution in [0.25, 0.3) is 0 Å². The Morgan fingerprint density at radius 1 is 1.40 bits per heavy atom. The summed E-state index contributed by atoms with van der Waals surface area (Å²) in [6.07, 6.45) is 0.394. The Hall–Kier alpha value is -1.92. The maximum Gasteiger partial charge on any atom is 0.307 e. The maximum atomic E-state index is 11.8. The van der Waals surface area contributed by atoms with Crippen molar-refractivity contribution in [3.05, 3.63) is 11.7 Å². The van der Waals surface area contributed by atoms with Gasteiger partial charge >= 0.3 is 5.97 Å². The molecule has 20 heavy (non-hydrogen) atoms. The maximum absolute atomic E-state index is 11.8. The molecule has 1 heterocycles. The molecule has 1 aromatic heterocycles. The molecule has 0 aromatic carbocycles. The molecule has 0 bridgehead atoms. The highest BCUT2D eigenvalue weighted by molar-refractivity contribution is 5.89. The van der Waals surface area contributed by atoms with Crippen LogP contribution in [-0.2, 0) is 15.0 Å². The smallest absolute Gasteiger partial charge is 0.307 e. The minimum atomic E-state index is -0.925. The Morgan fingerprint density at radius 2 is 2.05 bits per heavy atom. The van der Waals surface area contributed by atoms with Crippen LogP contribution in [0.1, 0.15) is 51.9 Å². The highest BCUT2D eigenvalue weighted by Gasteiger charge is 2.48. The first-order valence-corrected chi connectivity index (χ1v) is 6.57. The summed E-state index contributed by atoms with van der Waals surface area (Å²) in [7, 11) is 0. The van der Waals surface area contributed by atoms with Crippen molar-refractivity contribution in [2.24, 2.45) is 11.8 Å². The Labute approximate surface area is 116 Å². The van der Waals surface area contributed by atoms with Crippen molar-refractivity contribution in [1.29, 1.82) is 0 Å². The Morgan fingerprint density at radius 3 is 2.50 bits per heavy atom. The number of aliphatic carboxylic acids is 1. The van der Waals surface area contributed by atoms with Gasteiger partial charge in [0.2, 0.25) is 11.8 Å². The second kappa shape index (κ2) is 4.88. The van der Waals surface area contributed by atoms with E-state index in [9.17, 15) is 9.59 Å². The van der Waals surface area contributed by atoms with E-state index in [1.165, 1.54) is 0 Å². The molecule has 1 aromatic rings. The van der Waals surface area contributed by atoms with Gasteiger partial charge in [-0.25, -0.2) is 0 Å². The SMILES string of the molecule is C[C@H](NC(=O)[C@H]1C[C@@H]1C(=O)O)c1nc(C(C)(C)C)no1. The molecular weight excluding hydrogens is 262 g/mol. The highest BCUT2D eigenvalue weighted by atomic mass is 16.5. The van der Waals surface area contributed by atoms with Crippen molar-refractivity contribution >= 4 is 11.9 Å². The van der Waals surface area contributed by atoms with Crippen LogP contribution in [0.5, 0.6) is 0 Å². The molecule has 1 amide bonds. The van der Waals surface area contributed by atoms with Gasteiger partial charge in [0.05, 0.1) is 11.8 Å². The number of nitrogens with zero attached hydrogens (tertiary/aromatic N) is 2. The van der Waals surface area contributed by atoms with Crippen molar-refractivity contribution in [3.8, 4) is 0 Å². The number of hydrogen-bond acceptors (Lipinski definition) is 5. The first-order chi connectivity index (χ1) is 9.20. The summed E-state index contributed by atoms with van der Waals surface area (Å²) >= 11 is 0. The molecule has 110 valence electrons. The lowest BCUT2D eigenvalue weighted by Gasteiger charge is -2.11. The van der Waals surface area contributed by atoms with E-state index in [1.54, 1.807) is 6.92 Å². The minimum Gasteiger partial charge on any atom is -0.481 e. The largest absolute Gasteiger partial charge is 0.481 e. The fourth-order valence-electron chi connectivity index (χ4n) is 1.86. The van der Waals surface area contributed by atoms with Gasteiger partial charge in [-0.2, -0.15) is 4.98 Å². The fraction of sp³-hybridized carbons (Fsp3) is 0.692. The number of rotatable bonds is 4. The van der Waals surface area contributed by atoms with Gasteiger partial charge in [-0.1, -0.05) is 25.9 Å². The third-order valence-corrected chi connectivity index (χ3v) is 3.29. The molecule has 0 aliphatic heterocycles. The number of carbonyl (C=O) groups excluding carboxylic acids is 1. The molecule has 1 saturated carbocycles. The second-order valence-corrected chi connectivity index (χ2v) is 6.22. The molecule has 0 radical (unpaired) electrons. The predicted molar refractivity (Wildman–Crippen MR) is 68.8 cm³/mol. The quantitative estimate of drug-likeness (QED) is 0.860. The average Bonchev–Trinajstić information content (AvgIpc) is 2.96. The normalized spacial score (nSPS) is 23.2. The first-order valence-electron chi connectivity index (χ1n) is 6.57. The second-order valence-electron chi connectivity index (χ2n) is 6.22. The van der Waals surface area contributed by atoms with Gasteiger partial charge in [-0.05, 0) is 13.3 Å². The number of carboxylic acid groups (broad SMARTS) is 1. The van der Waals surface area contributed by atoms with Crippen LogP contribution < -0.4 is 5.32 Å². The van der Waals surface area contributed by atoms with Crippen LogP contribution in [0.3, 0.4) is 0 Å². The summed E-state index contributed by atoms with van der Waals surface area (Å²) in [5.41, 5.74) is -0.226.